The molecule has 172 valence electrons. The Morgan fingerprint density at radius 3 is 2.41 bits per heavy atom. The zero-order chi connectivity index (χ0) is 22.8. The van der Waals surface area contributed by atoms with E-state index in [0.29, 0.717) is 31.3 Å². The number of rotatable bonds is 8. The van der Waals surface area contributed by atoms with Crippen LogP contribution in [0.4, 0.5) is 13.6 Å². The van der Waals surface area contributed by atoms with Gasteiger partial charge in [0.2, 0.25) is 5.91 Å². The third-order valence-corrected chi connectivity index (χ3v) is 6.74. The van der Waals surface area contributed by atoms with Gasteiger partial charge in [0, 0.05) is 37.5 Å². The van der Waals surface area contributed by atoms with Gasteiger partial charge in [-0.3, -0.25) is 9.78 Å². The van der Waals surface area contributed by atoms with E-state index in [1.807, 2.05) is 6.07 Å². The second-order valence-electron chi connectivity index (χ2n) is 9.17. The van der Waals surface area contributed by atoms with Crippen molar-refractivity contribution in [3.8, 4) is 6.07 Å². The lowest BCUT2D eigenvalue weighted by atomic mass is 9.95. The number of hydrogen-bond donors (Lipinski definition) is 2. The molecular weight excluding hydrogens is 420 g/mol. The highest BCUT2D eigenvalue weighted by Crippen LogP contribution is 2.53. The summed E-state index contributed by atoms with van der Waals surface area (Å²) in [6.45, 7) is 1.23. The summed E-state index contributed by atoms with van der Waals surface area (Å²) in [5.41, 5.74) is -0.778. The lowest BCUT2D eigenvalue weighted by Gasteiger charge is -2.31. The second-order valence-corrected chi connectivity index (χ2v) is 9.17. The van der Waals surface area contributed by atoms with Crippen molar-refractivity contribution >= 4 is 12.0 Å². The Morgan fingerprint density at radius 2 is 1.84 bits per heavy atom. The molecule has 0 bridgehead atoms. The second kappa shape index (κ2) is 8.62. The van der Waals surface area contributed by atoms with Gasteiger partial charge in [-0.05, 0) is 62.5 Å². The number of amides is 2. The van der Waals surface area contributed by atoms with Crippen molar-refractivity contribution in [1.29, 1.82) is 5.26 Å². The lowest BCUT2D eigenvalue weighted by molar-refractivity contribution is -0.129. The van der Waals surface area contributed by atoms with Crippen LogP contribution in [0.15, 0.2) is 24.5 Å². The largest absolute Gasteiger partial charge is 0.426 e. The zero-order valence-corrected chi connectivity index (χ0v) is 17.8. The van der Waals surface area contributed by atoms with Crippen molar-refractivity contribution in [2.75, 3.05) is 13.1 Å². The van der Waals surface area contributed by atoms with Crippen LogP contribution in [0.3, 0.4) is 0 Å². The average molecular weight is 447 g/mol. The van der Waals surface area contributed by atoms with Crippen molar-refractivity contribution in [1.82, 2.24) is 20.7 Å². The fourth-order valence-electron chi connectivity index (χ4n) is 4.06. The number of hydroxylamine groups is 2. The fourth-order valence-corrected chi connectivity index (χ4v) is 4.06. The minimum Gasteiger partial charge on any atom is -0.351 e. The molecule has 2 aliphatic carbocycles. The zero-order valence-electron chi connectivity index (χ0n) is 17.8. The molecule has 1 aliphatic heterocycles. The van der Waals surface area contributed by atoms with Gasteiger partial charge in [0.25, 0.3) is 5.92 Å². The predicted molar refractivity (Wildman–Crippen MR) is 109 cm³/mol. The summed E-state index contributed by atoms with van der Waals surface area (Å²) in [4.78, 5) is 34.2. The third kappa shape index (κ3) is 5.33. The molecule has 10 heteroatoms. The molecule has 8 nitrogen and oxygen atoms in total. The first-order chi connectivity index (χ1) is 15.2. The summed E-state index contributed by atoms with van der Waals surface area (Å²) in [5.74, 6) is -3.87. The van der Waals surface area contributed by atoms with Crippen LogP contribution >= 0.6 is 0 Å². The van der Waals surface area contributed by atoms with Crippen LogP contribution < -0.4 is 10.6 Å². The molecule has 0 aromatic carbocycles. The van der Waals surface area contributed by atoms with Crippen LogP contribution in [-0.2, 0) is 15.6 Å². The number of hydrogen-bond acceptors (Lipinski definition) is 6. The van der Waals surface area contributed by atoms with Crippen molar-refractivity contribution in [3.63, 3.8) is 0 Å². The molecule has 2 saturated carbocycles. The van der Waals surface area contributed by atoms with Gasteiger partial charge in [-0.2, -0.15) is 5.26 Å². The van der Waals surface area contributed by atoms with E-state index in [0.717, 1.165) is 12.8 Å². The van der Waals surface area contributed by atoms with Crippen LogP contribution in [-0.4, -0.2) is 46.7 Å². The molecule has 1 atom stereocenters. The summed E-state index contributed by atoms with van der Waals surface area (Å²) in [5, 5.41) is 15.8. The maximum Gasteiger partial charge on any atom is 0.426 e. The van der Waals surface area contributed by atoms with Crippen LogP contribution in [0.2, 0.25) is 0 Å². The Balaban J connectivity index is 1.36. The maximum atomic E-state index is 14.6. The minimum atomic E-state index is -3.20. The van der Waals surface area contributed by atoms with Crippen LogP contribution in [0, 0.1) is 16.7 Å². The van der Waals surface area contributed by atoms with E-state index in [1.54, 1.807) is 5.06 Å². The first-order valence-electron chi connectivity index (χ1n) is 11.0. The van der Waals surface area contributed by atoms with Crippen molar-refractivity contribution < 1.29 is 23.2 Å². The Morgan fingerprint density at radius 1 is 1.19 bits per heavy atom. The molecule has 4 rings (SSSR count). The molecule has 2 N–H and O–H groups in total. The number of nitrogens with one attached hydrogen (secondary N) is 2. The topological polar surface area (TPSA) is 107 Å². The Kier molecular flexibility index (Phi) is 6.03. The molecule has 2 amide bonds. The van der Waals surface area contributed by atoms with E-state index in [9.17, 15) is 23.6 Å². The SMILES string of the molecule is N#CC1(NC(=O)[C@H](CCC(F)(F)c2ccncc2)NC(=O)ON2CCC3(CC2)CC3)CC1. The quantitative estimate of drug-likeness (QED) is 0.634. The summed E-state index contributed by atoms with van der Waals surface area (Å²) in [6.07, 6.45) is 6.02. The van der Waals surface area contributed by atoms with Gasteiger partial charge in [-0.15, -0.1) is 5.06 Å². The minimum absolute atomic E-state index is 0.216. The van der Waals surface area contributed by atoms with Gasteiger partial charge >= 0.3 is 6.09 Å². The molecule has 32 heavy (non-hydrogen) atoms. The first kappa shape index (κ1) is 22.4. The lowest BCUT2D eigenvalue weighted by Crippen LogP contribution is -2.51. The van der Waals surface area contributed by atoms with E-state index >= 15 is 0 Å². The van der Waals surface area contributed by atoms with Crippen LogP contribution in [0.25, 0.3) is 0 Å². The number of nitrogens with zero attached hydrogens (tertiary/aromatic N) is 3. The molecule has 2 heterocycles. The van der Waals surface area contributed by atoms with Crippen LogP contribution in [0.5, 0.6) is 0 Å². The number of pyridine rings is 1. The molecule has 3 aliphatic rings. The molecular formula is C22H27F2N5O3. The highest BCUT2D eigenvalue weighted by atomic mass is 19.3. The standard InChI is InChI=1S/C22H27F2N5O3/c23-22(24,16-2-11-26-12-3-16)4-1-17(18(30)28-21(15-25)7-8-21)27-19(31)32-29-13-9-20(5-6-20)10-14-29/h2-3,11-12,17H,1,4-10,13-14H2,(H,27,31)(H,28,30)/t17-/m0/s1. The van der Waals surface area contributed by atoms with E-state index < -0.39 is 35.9 Å². The summed E-state index contributed by atoms with van der Waals surface area (Å²) in [7, 11) is 0. The molecule has 0 radical (unpaired) electrons. The molecule has 0 unspecified atom stereocenters. The van der Waals surface area contributed by atoms with Crippen LogP contribution in [0.1, 0.15) is 56.9 Å². The van der Waals surface area contributed by atoms with Crippen molar-refractivity contribution in [3.05, 3.63) is 30.1 Å². The summed E-state index contributed by atoms with van der Waals surface area (Å²) >= 11 is 0. The van der Waals surface area contributed by atoms with Crippen molar-refractivity contribution in [2.45, 2.75) is 68.9 Å². The number of carbonyl (C=O) groups is 2. The summed E-state index contributed by atoms with van der Waals surface area (Å²) in [6, 6.07) is 3.21. The Bertz CT molecular complexity index is 887. The van der Waals surface area contributed by atoms with Gasteiger partial charge in [-0.25, -0.2) is 13.6 Å². The van der Waals surface area contributed by atoms with Gasteiger partial charge in [-0.1, -0.05) is 0 Å². The Hall–Kier alpha value is -2.80. The highest BCUT2D eigenvalue weighted by Gasteiger charge is 2.47. The summed E-state index contributed by atoms with van der Waals surface area (Å²) < 4.78 is 29.2. The van der Waals surface area contributed by atoms with Crippen molar-refractivity contribution in [2.24, 2.45) is 5.41 Å². The van der Waals surface area contributed by atoms with Gasteiger partial charge in [0.15, 0.2) is 0 Å². The predicted octanol–water partition coefficient (Wildman–Crippen LogP) is 3.01. The normalized spacial score (nSPS) is 21.8. The van der Waals surface area contributed by atoms with E-state index in [2.05, 4.69) is 15.6 Å². The highest BCUT2D eigenvalue weighted by molar-refractivity contribution is 5.86. The Labute approximate surface area is 185 Å². The number of aromatic nitrogens is 1. The smallest absolute Gasteiger partial charge is 0.351 e. The number of halogens is 2. The molecule has 1 saturated heterocycles. The molecule has 1 aromatic rings. The number of nitriles is 1. The third-order valence-electron chi connectivity index (χ3n) is 6.74. The van der Waals surface area contributed by atoms with E-state index in [4.69, 9.17) is 4.84 Å². The average Bonchev–Trinajstić information content (AvgIpc) is 3.72. The van der Waals surface area contributed by atoms with E-state index in [-0.39, 0.29) is 12.0 Å². The fraction of sp³-hybridized carbons (Fsp3) is 0.636. The van der Waals surface area contributed by atoms with Gasteiger partial charge in [0.05, 0.1) is 6.07 Å². The molecule has 1 aromatic heterocycles. The van der Waals surface area contributed by atoms with E-state index in [1.165, 1.54) is 37.4 Å². The maximum absolute atomic E-state index is 14.6. The number of alkyl halides is 2. The van der Waals surface area contributed by atoms with Gasteiger partial charge < -0.3 is 15.5 Å². The van der Waals surface area contributed by atoms with Gasteiger partial charge in [0.1, 0.15) is 11.6 Å². The monoisotopic (exact) mass is 447 g/mol. The molecule has 1 spiro atoms. The number of carbonyl (C=O) groups excluding carboxylic acids is 2. The molecule has 3 fully saturated rings. The number of piperidine rings is 1. The first-order valence-corrected chi connectivity index (χ1v) is 11.0.